The van der Waals surface area contributed by atoms with Crippen LogP contribution in [0.5, 0.6) is 0 Å². The standard InChI is InChI=1S/C18H15ClFN5O2/c1-27-17(26)12-4-7-14(19)15(8-12)23-18-24-16(10-22-25-18)21-9-11-2-5-13(20)6-3-11/h2-8,10H,9H2,1H3,(H2,21,23,24,25). The largest absolute Gasteiger partial charge is 0.465 e. The Morgan fingerprint density at radius 2 is 2.00 bits per heavy atom. The summed E-state index contributed by atoms with van der Waals surface area (Å²) >= 11 is 6.15. The molecule has 2 N–H and O–H groups in total. The molecule has 3 aromatic rings. The zero-order chi connectivity index (χ0) is 19.2. The number of esters is 1. The molecule has 0 spiro atoms. The molecular formula is C18H15ClFN5O2. The highest BCUT2D eigenvalue weighted by atomic mass is 35.5. The van der Waals surface area contributed by atoms with E-state index in [1.54, 1.807) is 24.3 Å². The first-order valence-electron chi connectivity index (χ1n) is 7.88. The fourth-order valence-electron chi connectivity index (χ4n) is 2.22. The summed E-state index contributed by atoms with van der Waals surface area (Å²) in [5.74, 6) is -0.108. The van der Waals surface area contributed by atoms with Gasteiger partial charge >= 0.3 is 5.97 Å². The Morgan fingerprint density at radius 1 is 1.22 bits per heavy atom. The molecule has 0 bridgehead atoms. The van der Waals surface area contributed by atoms with E-state index in [1.807, 2.05) is 0 Å². The van der Waals surface area contributed by atoms with Gasteiger partial charge in [-0.3, -0.25) is 0 Å². The quantitative estimate of drug-likeness (QED) is 0.621. The van der Waals surface area contributed by atoms with Gasteiger partial charge in [0.05, 0.1) is 29.6 Å². The number of rotatable bonds is 6. The Bertz CT molecular complexity index is 953. The maximum Gasteiger partial charge on any atom is 0.337 e. The van der Waals surface area contributed by atoms with Gasteiger partial charge in [0.25, 0.3) is 0 Å². The summed E-state index contributed by atoms with van der Waals surface area (Å²) in [4.78, 5) is 15.9. The number of aromatic nitrogens is 3. The minimum absolute atomic E-state index is 0.197. The van der Waals surface area contributed by atoms with Crippen molar-refractivity contribution in [1.82, 2.24) is 15.2 Å². The molecule has 0 aliphatic carbocycles. The number of nitrogens with one attached hydrogen (secondary N) is 2. The summed E-state index contributed by atoms with van der Waals surface area (Å²) in [5.41, 5.74) is 1.67. The molecule has 0 radical (unpaired) electrons. The molecule has 27 heavy (non-hydrogen) atoms. The van der Waals surface area contributed by atoms with Crippen LogP contribution in [0, 0.1) is 5.82 Å². The van der Waals surface area contributed by atoms with Crippen LogP contribution in [0.15, 0.2) is 48.7 Å². The minimum Gasteiger partial charge on any atom is -0.465 e. The highest BCUT2D eigenvalue weighted by Crippen LogP contribution is 2.25. The Balaban J connectivity index is 1.72. The summed E-state index contributed by atoms with van der Waals surface area (Å²) < 4.78 is 17.6. The molecule has 0 amide bonds. The summed E-state index contributed by atoms with van der Waals surface area (Å²) in [5, 5.41) is 14.2. The van der Waals surface area contributed by atoms with E-state index in [9.17, 15) is 9.18 Å². The monoisotopic (exact) mass is 387 g/mol. The van der Waals surface area contributed by atoms with E-state index in [2.05, 4.69) is 25.8 Å². The normalized spacial score (nSPS) is 10.3. The number of ether oxygens (including phenoxy) is 1. The molecule has 0 atom stereocenters. The Hall–Kier alpha value is -3.26. The van der Waals surface area contributed by atoms with Crippen LogP contribution in [0.2, 0.25) is 5.02 Å². The molecule has 0 saturated heterocycles. The van der Waals surface area contributed by atoms with Crippen LogP contribution in [-0.4, -0.2) is 28.3 Å². The number of benzene rings is 2. The van der Waals surface area contributed by atoms with E-state index in [4.69, 9.17) is 16.3 Å². The van der Waals surface area contributed by atoms with Crippen LogP contribution in [0.25, 0.3) is 0 Å². The van der Waals surface area contributed by atoms with E-state index in [-0.39, 0.29) is 11.8 Å². The number of hydrogen-bond donors (Lipinski definition) is 2. The van der Waals surface area contributed by atoms with E-state index in [1.165, 1.54) is 31.5 Å². The first kappa shape index (κ1) is 18.5. The van der Waals surface area contributed by atoms with Crippen molar-refractivity contribution in [1.29, 1.82) is 0 Å². The second kappa shape index (κ2) is 8.41. The lowest BCUT2D eigenvalue weighted by atomic mass is 10.2. The molecule has 0 fully saturated rings. The van der Waals surface area contributed by atoms with Gasteiger partial charge in [0.2, 0.25) is 5.95 Å². The molecule has 2 aromatic carbocycles. The van der Waals surface area contributed by atoms with E-state index >= 15 is 0 Å². The van der Waals surface area contributed by atoms with Gasteiger partial charge in [0.15, 0.2) is 5.82 Å². The Kier molecular flexibility index (Phi) is 5.77. The zero-order valence-corrected chi connectivity index (χ0v) is 15.0. The average Bonchev–Trinajstić information content (AvgIpc) is 2.69. The number of anilines is 3. The van der Waals surface area contributed by atoms with Gasteiger partial charge in [-0.15, -0.1) is 5.10 Å². The maximum absolute atomic E-state index is 12.9. The number of hydrogen-bond acceptors (Lipinski definition) is 7. The average molecular weight is 388 g/mol. The van der Waals surface area contributed by atoms with Gasteiger partial charge in [-0.2, -0.15) is 10.1 Å². The molecule has 0 saturated carbocycles. The van der Waals surface area contributed by atoms with Crippen molar-refractivity contribution in [3.8, 4) is 0 Å². The van der Waals surface area contributed by atoms with Crippen LogP contribution in [0.3, 0.4) is 0 Å². The van der Waals surface area contributed by atoms with Crippen LogP contribution in [-0.2, 0) is 11.3 Å². The fourth-order valence-corrected chi connectivity index (χ4v) is 2.39. The van der Waals surface area contributed by atoms with Crippen molar-refractivity contribution in [2.24, 2.45) is 0 Å². The van der Waals surface area contributed by atoms with Crippen LogP contribution in [0.1, 0.15) is 15.9 Å². The third-order valence-electron chi connectivity index (χ3n) is 3.58. The highest BCUT2D eigenvalue weighted by Gasteiger charge is 2.10. The number of halogens is 2. The van der Waals surface area contributed by atoms with Gasteiger partial charge in [-0.05, 0) is 35.9 Å². The van der Waals surface area contributed by atoms with Crippen molar-refractivity contribution in [3.05, 3.63) is 70.6 Å². The lowest BCUT2D eigenvalue weighted by Crippen LogP contribution is -2.07. The highest BCUT2D eigenvalue weighted by molar-refractivity contribution is 6.33. The van der Waals surface area contributed by atoms with Gasteiger partial charge in [0.1, 0.15) is 5.82 Å². The predicted octanol–water partition coefficient (Wildman–Crippen LogP) is 3.81. The summed E-state index contributed by atoms with van der Waals surface area (Å²) in [6.45, 7) is 0.441. The van der Waals surface area contributed by atoms with Gasteiger partial charge in [0, 0.05) is 6.54 Å². The van der Waals surface area contributed by atoms with Crippen molar-refractivity contribution >= 4 is 35.0 Å². The molecule has 0 aliphatic heterocycles. The third-order valence-corrected chi connectivity index (χ3v) is 3.91. The zero-order valence-electron chi connectivity index (χ0n) is 14.2. The predicted molar refractivity (Wildman–Crippen MR) is 99.6 cm³/mol. The number of carbonyl (C=O) groups is 1. The fraction of sp³-hybridized carbons (Fsp3) is 0.111. The smallest absolute Gasteiger partial charge is 0.337 e. The topological polar surface area (TPSA) is 89.0 Å². The first-order chi connectivity index (χ1) is 13.0. The van der Waals surface area contributed by atoms with Gasteiger partial charge < -0.3 is 15.4 Å². The molecule has 7 nitrogen and oxygen atoms in total. The van der Waals surface area contributed by atoms with Crippen LogP contribution >= 0.6 is 11.6 Å². The van der Waals surface area contributed by atoms with Gasteiger partial charge in [-0.1, -0.05) is 23.7 Å². The van der Waals surface area contributed by atoms with E-state index in [0.29, 0.717) is 28.6 Å². The molecular weight excluding hydrogens is 373 g/mol. The van der Waals surface area contributed by atoms with Gasteiger partial charge in [-0.25, -0.2) is 9.18 Å². The third kappa shape index (κ3) is 4.89. The number of nitrogens with zero attached hydrogens (tertiary/aromatic N) is 3. The van der Waals surface area contributed by atoms with Crippen molar-refractivity contribution in [2.75, 3.05) is 17.7 Å². The van der Waals surface area contributed by atoms with Crippen molar-refractivity contribution in [2.45, 2.75) is 6.54 Å². The minimum atomic E-state index is -0.483. The lowest BCUT2D eigenvalue weighted by molar-refractivity contribution is 0.0601. The second-order valence-electron chi connectivity index (χ2n) is 5.46. The lowest BCUT2D eigenvalue weighted by Gasteiger charge is -2.10. The first-order valence-corrected chi connectivity index (χ1v) is 8.26. The number of carbonyl (C=O) groups excluding carboxylic acids is 1. The molecule has 9 heteroatoms. The summed E-state index contributed by atoms with van der Waals surface area (Å²) in [6, 6.07) is 10.8. The number of methoxy groups -OCH3 is 1. The molecule has 1 heterocycles. The van der Waals surface area contributed by atoms with Crippen LogP contribution < -0.4 is 10.6 Å². The molecule has 3 rings (SSSR count). The Labute approximate surface area is 159 Å². The summed E-state index contributed by atoms with van der Waals surface area (Å²) in [7, 11) is 1.30. The molecule has 138 valence electrons. The van der Waals surface area contributed by atoms with Crippen molar-refractivity contribution in [3.63, 3.8) is 0 Å². The van der Waals surface area contributed by atoms with E-state index in [0.717, 1.165) is 5.56 Å². The molecule has 1 aromatic heterocycles. The SMILES string of the molecule is COC(=O)c1ccc(Cl)c(Nc2nncc(NCc3ccc(F)cc3)n2)c1. The van der Waals surface area contributed by atoms with Crippen LogP contribution in [0.4, 0.5) is 21.8 Å². The van der Waals surface area contributed by atoms with Crippen molar-refractivity contribution < 1.29 is 13.9 Å². The molecule has 0 aliphatic rings. The maximum atomic E-state index is 12.9. The van der Waals surface area contributed by atoms with E-state index < -0.39 is 5.97 Å². The molecule has 0 unspecified atom stereocenters. The second-order valence-corrected chi connectivity index (χ2v) is 5.86. The summed E-state index contributed by atoms with van der Waals surface area (Å²) in [6.07, 6.45) is 1.46. The Morgan fingerprint density at radius 3 is 2.74 bits per heavy atom.